The number of sulfonamides is 1. The third-order valence-electron chi connectivity index (χ3n) is 4.84. The topological polar surface area (TPSA) is 115 Å². The van der Waals surface area contributed by atoms with Crippen LogP contribution in [-0.4, -0.2) is 41.7 Å². The average Bonchev–Trinajstić information content (AvgIpc) is 3.08. The Kier molecular flexibility index (Phi) is 4.78. The second kappa shape index (κ2) is 7.25. The zero-order valence-electron chi connectivity index (χ0n) is 15.1. The minimum Gasteiger partial charge on any atom is -0.322 e. The molecule has 0 bridgehead atoms. The van der Waals surface area contributed by atoms with Crippen molar-refractivity contribution in [3.63, 3.8) is 0 Å². The predicted molar refractivity (Wildman–Crippen MR) is 106 cm³/mol. The fraction of sp³-hybridized carbons (Fsp3) is 0.263. The van der Waals surface area contributed by atoms with Crippen LogP contribution in [0.15, 0.2) is 52.2 Å². The highest BCUT2D eigenvalue weighted by Crippen LogP contribution is 2.24. The molecule has 8 nitrogen and oxygen atoms in total. The SMILES string of the molecule is O=C(Nc1ccc2[nH]c(=O)[nH]c2c1)c1ccccc1S(=O)(=O)N1CCCCC1. The third kappa shape index (κ3) is 3.46. The molecule has 0 saturated carbocycles. The van der Waals surface area contributed by atoms with Crippen LogP contribution in [0.25, 0.3) is 11.0 Å². The van der Waals surface area contributed by atoms with Crippen molar-refractivity contribution >= 4 is 32.7 Å². The number of aromatic nitrogens is 2. The van der Waals surface area contributed by atoms with E-state index in [0.29, 0.717) is 29.8 Å². The van der Waals surface area contributed by atoms with Crippen molar-refractivity contribution < 1.29 is 13.2 Å². The molecule has 146 valence electrons. The molecule has 0 unspecified atom stereocenters. The highest BCUT2D eigenvalue weighted by atomic mass is 32.2. The molecule has 1 saturated heterocycles. The van der Waals surface area contributed by atoms with Crippen molar-refractivity contribution in [2.45, 2.75) is 24.2 Å². The Labute approximate surface area is 161 Å². The van der Waals surface area contributed by atoms with E-state index in [1.54, 1.807) is 30.3 Å². The first-order valence-corrected chi connectivity index (χ1v) is 10.5. The van der Waals surface area contributed by atoms with E-state index in [0.717, 1.165) is 19.3 Å². The number of aromatic amines is 2. The van der Waals surface area contributed by atoms with Crippen LogP contribution >= 0.6 is 0 Å². The molecule has 1 amide bonds. The number of nitrogens with one attached hydrogen (secondary N) is 3. The van der Waals surface area contributed by atoms with E-state index < -0.39 is 15.9 Å². The van der Waals surface area contributed by atoms with Crippen LogP contribution in [0.5, 0.6) is 0 Å². The molecule has 4 rings (SSSR count). The molecule has 1 aliphatic heterocycles. The minimum atomic E-state index is -3.74. The number of carbonyl (C=O) groups excluding carboxylic acids is 1. The predicted octanol–water partition coefficient (Wildman–Crippen LogP) is 2.28. The molecular formula is C19H20N4O4S. The third-order valence-corrected chi connectivity index (χ3v) is 6.80. The molecule has 0 aliphatic carbocycles. The van der Waals surface area contributed by atoms with Crippen LogP contribution < -0.4 is 11.0 Å². The molecule has 9 heteroatoms. The molecule has 0 radical (unpaired) electrons. The molecule has 2 heterocycles. The molecule has 3 N–H and O–H groups in total. The summed E-state index contributed by atoms with van der Waals surface area (Å²) in [4.78, 5) is 29.5. The van der Waals surface area contributed by atoms with Crippen LogP contribution in [-0.2, 0) is 10.0 Å². The lowest BCUT2D eigenvalue weighted by Gasteiger charge is -2.26. The van der Waals surface area contributed by atoms with E-state index in [4.69, 9.17) is 0 Å². The maximum Gasteiger partial charge on any atom is 0.323 e. The smallest absolute Gasteiger partial charge is 0.322 e. The van der Waals surface area contributed by atoms with Crippen molar-refractivity contribution in [1.29, 1.82) is 0 Å². The Morgan fingerprint density at radius 2 is 1.68 bits per heavy atom. The van der Waals surface area contributed by atoms with Gasteiger partial charge < -0.3 is 15.3 Å². The number of fused-ring (bicyclic) bond motifs is 1. The van der Waals surface area contributed by atoms with E-state index in [-0.39, 0.29) is 16.1 Å². The van der Waals surface area contributed by atoms with E-state index in [1.165, 1.54) is 16.4 Å². The van der Waals surface area contributed by atoms with E-state index in [2.05, 4.69) is 15.3 Å². The zero-order valence-corrected chi connectivity index (χ0v) is 15.9. The summed E-state index contributed by atoms with van der Waals surface area (Å²) in [6.07, 6.45) is 2.66. The second-order valence-electron chi connectivity index (χ2n) is 6.75. The van der Waals surface area contributed by atoms with E-state index in [1.807, 2.05) is 0 Å². The van der Waals surface area contributed by atoms with Gasteiger partial charge in [-0.05, 0) is 43.2 Å². The molecule has 0 spiro atoms. The minimum absolute atomic E-state index is 0.00512. The first kappa shape index (κ1) is 18.5. The summed E-state index contributed by atoms with van der Waals surface area (Å²) >= 11 is 0. The lowest BCUT2D eigenvalue weighted by atomic mass is 10.2. The number of hydrogen-bond acceptors (Lipinski definition) is 4. The molecule has 2 aromatic carbocycles. The number of benzene rings is 2. The van der Waals surface area contributed by atoms with Gasteiger partial charge in [0.1, 0.15) is 0 Å². The summed E-state index contributed by atoms with van der Waals surface area (Å²) in [7, 11) is -3.74. The van der Waals surface area contributed by atoms with Crippen molar-refractivity contribution in [1.82, 2.24) is 14.3 Å². The Morgan fingerprint density at radius 3 is 2.46 bits per heavy atom. The van der Waals surface area contributed by atoms with Crippen LogP contribution in [0.1, 0.15) is 29.6 Å². The monoisotopic (exact) mass is 400 g/mol. The number of nitrogens with zero attached hydrogens (tertiary/aromatic N) is 1. The Balaban J connectivity index is 1.65. The van der Waals surface area contributed by atoms with Gasteiger partial charge in [-0.1, -0.05) is 18.6 Å². The number of hydrogen-bond donors (Lipinski definition) is 3. The zero-order chi connectivity index (χ0) is 19.7. The van der Waals surface area contributed by atoms with Crippen LogP contribution in [0, 0.1) is 0 Å². The van der Waals surface area contributed by atoms with Gasteiger partial charge in [-0.15, -0.1) is 0 Å². The summed E-state index contributed by atoms with van der Waals surface area (Å²) in [5, 5.41) is 2.72. The van der Waals surface area contributed by atoms with Gasteiger partial charge in [0, 0.05) is 18.8 Å². The van der Waals surface area contributed by atoms with E-state index >= 15 is 0 Å². The van der Waals surface area contributed by atoms with Gasteiger partial charge >= 0.3 is 5.69 Å². The van der Waals surface area contributed by atoms with Crippen LogP contribution in [0.3, 0.4) is 0 Å². The average molecular weight is 400 g/mol. The highest BCUT2D eigenvalue weighted by Gasteiger charge is 2.29. The van der Waals surface area contributed by atoms with Gasteiger partial charge in [-0.3, -0.25) is 4.79 Å². The highest BCUT2D eigenvalue weighted by molar-refractivity contribution is 7.89. The van der Waals surface area contributed by atoms with Gasteiger partial charge in [0.15, 0.2) is 0 Å². The maximum absolute atomic E-state index is 13.0. The summed E-state index contributed by atoms with van der Waals surface area (Å²) in [5.74, 6) is -0.520. The number of piperidine rings is 1. The number of anilines is 1. The Hall–Kier alpha value is -2.91. The van der Waals surface area contributed by atoms with Crippen molar-refractivity contribution in [3.8, 4) is 0 Å². The summed E-state index contributed by atoms with van der Waals surface area (Å²) in [5.41, 5.74) is 1.39. The molecule has 1 fully saturated rings. The van der Waals surface area contributed by atoms with Gasteiger partial charge in [-0.25, -0.2) is 13.2 Å². The number of rotatable bonds is 4. The van der Waals surface area contributed by atoms with Crippen molar-refractivity contribution in [2.24, 2.45) is 0 Å². The maximum atomic E-state index is 13.0. The van der Waals surface area contributed by atoms with Gasteiger partial charge in [0.25, 0.3) is 5.91 Å². The number of amides is 1. The Bertz CT molecular complexity index is 1190. The summed E-state index contributed by atoms with van der Waals surface area (Å²) in [6.45, 7) is 0.936. The number of H-pyrrole nitrogens is 2. The van der Waals surface area contributed by atoms with Crippen molar-refractivity contribution in [3.05, 3.63) is 58.5 Å². The van der Waals surface area contributed by atoms with Gasteiger partial charge in [0.2, 0.25) is 10.0 Å². The summed E-state index contributed by atoms with van der Waals surface area (Å²) in [6, 6.07) is 11.1. The fourth-order valence-electron chi connectivity index (χ4n) is 3.43. The first-order valence-electron chi connectivity index (χ1n) is 9.08. The lowest BCUT2D eigenvalue weighted by Crippen LogP contribution is -2.36. The van der Waals surface area contributed by atoms with Crippen LogP contribution in [0.4, 0.5) is 5.69 Å². The standard InChI is InChI=1S/C19H20N4O4S/c24-18(20-13-8-9-15-16(12-13)22-19(25)21-15)14-6-2-3-7-17(14)28(26,27)23-10-4-1-5-11-23/h2-3,6-9,12H,1,4-5,10-11H2,(H,20,24)(H2,21,22,25). The quantitative estimate of drug-likeness (QED) is 0.623. The molecule has 3 aromatic rings. The molecule has 0 atom stereocenters. The first-order chi connectivity index (χ1) is 13.4. The molecule has 1 aliphatic rings. The Morgan fingerprint density at radius 1 is 0.964 bits per heavy atom. The second-order valence-corrected chi connectivity index (χ2v) is 8.66. The normalized spacial score (nSPS) is 15.6. The lowest BCUT2D eigenvalue weighted by molar-refractivity contribution is 0.102. The van der Waals surface area contributed by atoms with Gasteiger partial charge in [-0.2, -0.15) is 4.31 Å². The number of carbonyl (C=O) groups is 1. The molecule has 1 aromatic heterocycles. The molecular weight excluding hydrogens is 380 g/mol. The van der Waals surface area contributed by atoms with Crippen LogP contribution in [0.2, 0.25) is 0 Å². The largest absolute Gasteiger partial charge is 0.323 e. The summed E-state index contributed by atoms with van der Waals surface area (Å²) < 4.78 is 27.5. The fourth-order valence-corrected chi connectivity index (χ4v) is 5.14. The van der Waals surface area contributed by atoms with Gasteiger partial charge in [0.05, 0.1) is 21.5 Å². The number of imidazole rings is 1. The van der Waals surface area contributed by atoms with Crippen molar-refractivity contribution in [2.75, 3.05) is 18.4 Å². The van der Waals surface area contributed by atoms with E-state index in [9.17, 15) is 18.0 Å². The molecule has 28 heavy (non-hydrogen) atoms.